The van der Waals surface area contributed by atoms with Crippen LogP contribution in [0.1, 0.15) is 36.7 Å². The minimum absolute atomic E-state index is 0.0424. The van der Waals surface area contributed by atoms with Crippen LogP contribution in [0, 0.1) is 6.92 Å². The zero-order valence-corrected chi connectivity index (χ0v) is 19.0. The minimum atomic E-state index is -3.74. The molecule has 0 radical (unpaired) electrons. The SMILES string of the molecule is CCOc1ccccc1NC(=O)COC(=O)c1ccc(C)c(S(=O)(=O)N(CC)CC)c1. The van der Waals surface area contributed by atoms with E-state index in [1.54, 1.807) is 51.1 Å². The van der Waals surface area contributed by atoms with E-state index in [9.17, 15) is 18.0 Å². The molecule has 31 heavy (non-hydrogen) atoms. The van der Waals surface area contributed by atoms with Gasteiger partial charge in [0.15, 0.2) is 6.61 Å². The Bertz CT molecular complexity index is 1030. The Labute approximate surface area is 183 Å². The molecule has 0 aliphatic carbocycles. The molecule has 0 aliphatic heterocycles. The van der Waals surface area contributed by atoms with Crippen LogP contribution in [0.15, 0.2) is 47.4 Å². The van der Waals surface area contributed by atoms with E-state index in [0.717, 1.165) is 0 Å². The Morgan fingerprint density at radius 2 is 1.71 bits per heavy atom. The van der Waals surface area contributed by atoms with Gasteiger partial charge in [-0.1, -0.05) is 32.0 Å². The number of hydrogen-bond acceptors (Lipinski definition) is 6. The molecule has 0 fully saturated rings. The van der Waals surface area contributed by atoms with Crippen LogP contribution in [0.5, 0.6) is 5.75 Å². The van der Waals surface area contributed by atoms with Gasteiger partial charge in [-0.3, -0.25) is 4.79 Å². The molecule has 1 N–H and O–H groups in total. The smallest absolute Gasteiger partial charge is 0.338 e. The molecule has 8 nitrogen and oxygen atoms in total. The molecule has 0 saturated carbocycles. The van der Waals surface area contributed by atoms with Crippen molar-refractivity contribution in [3.63, 3.8) is 0 Å². The molecule has 0 unspecified atom stereocenters. The van der Waals surface area contributed by atoms with Crippen LogP contribution in [0.4, 0.5) is 5.69 Å². The van der Waals surface area contributed by atoms with Crippen LogP contribution < -0.4 is 10.1 Å². The van der Waals surface area contributed by atoms with Gasteiger partial charge < -0.3 is 14.8 Å². The van der Waals surface area contributed by atoms with E-state index in [2.05, 4.69) is 5.32 Å². The van der Waals surface area contributed by atoms with E-state index in [1.165, 1.54) is 16.4 Å². The first-order valence-corrected chi connectivity index (χ1v) is 11.5. The van der Waals surface area contributed by atoms with Crippen molar-refractivity contribution in [2.24, 2.45) is 0 Å². The zero-order chi connectivity index (χ0) is 23.0. The number of ether oxygens (including phenoxy) is 2. The molecular formula is C22H28N2O6S. The Hall–Kier alpha value is -2.91. The highest BCUT2D eigenvalue weighted by Gasteiger charge is 2.25. The fourth-order valence-corrected chi connectivity index (χ4v) is 4.67. The molecule has 0 spiro atoms. The summed E-state index contributed by atoms with van der Waals surface area (Å²) in [6, 6.07) is 11.2. The minimum Gasteiger partial charge on any atom is -0.492 e. The summed E-state index contributed by atoms with van der Waals surface area (Å²) >= 11 is 0. The van der Waals surface area contributed by atoms with Gasteiger partial charge in [0.1, 0.15) is 5.75 Å². The number of aryl methyl sites for hydroxylation is 1. The molecule has 0 atom stereocenters. The van der Waals surface area contributed by atoms with Crippen molar-refractivity contribution in [2.75, 3.05) is 31.6 Å². The molecule has 2 rings (SSSR count). The van der Waals surface area contributed by atoms with Crippen LogP contribution in [0.3, 0.4) is 0 Å². The Balaban J connectivity index is 2.10. The Morgan fingerprint density at radius 1 is 1.03 bits per heavy atom. The molecule has 0 aliphatic rings. The van der Waals surface area contributed by atoms with Crippen LogP contribution in [0.25, 0.3) is 0 Å². The number of para-hydroxylation sites is 2. The molecule has 0 bridgehead atoms. The van der Waals surface area contributed by atoms with Crippen LogP contribution in [0.2, 0.25) is 0 Å². The lowest BCUT2D eigenvalue weighted by molar-refractivity contribution is -0.119. The largest absolute Gasteiger partial charge is 0.492 e. The highest BCUT2D eigenvalue weighted by Crippen LogP contribution is 2.24. The van der Waals surface area contributed by atoms with Crippen LogP contribution >= 0.6 is 0 Å². The first-order valence-electron chi connectivity index (χ1n) is 10.0. The van der Waals surface area contributed by atoms with E-state index in [1.807, 2.05) is 6.92 Å². The molecule has 2 aromatic carbocycles. The summed E-state index contributed by atoms with van der Waals surface area (Å²) in [7, 11) is -3.74. The average Bonchev–Trinajstić information content (AvgIpc) is 2.74. The molecule has 168 valence electrons. The molecule has 0 heterocycles. The molecule has 9 heteroatoms. The number of nitrogens with one attached hydrogen (secondary N) is 1. The van der Waals surface area contributed by atoms with E-state index in [4.69, 9.17) is 9.47 Å². The fraction of sp³-hybridized carbons (Fsp3) is 0.364. The molecule has 0 aromatic heterocycles. The van der Waals surface area contributed by atoms with Crippen molar-refractivity contribution in [3.8, 4) is 5.75 Å². The van der Waals surface area contributed by atoms with E-state index in [-0.39, 0.29) is 10.5 Å². The van der Waals surface area contributed by atoms with Crippen molar-refractivity contribution in [1.29, 1.82) is 0 Å². The second-order valence-electron chi connectivity index (χ2n) is 6.62. The summed E-state index contributed by atoms with van der Waals surface area (Å²) in [6.07, 6.45) is 0. The number of esters is 1. The van der Waals surface area contributed by atoms with Crippen LogP contribution in [-0.4, -0.2) is 50.9 Å². The quantitative estimate of drug-likeness (QED) is 0.560. The second-order valence-corrected chi connectivity index (χ2v) is 8.53. The number of amides is 1. The molecule has 2 aromatic rings. The van der Waals surface area contributed by atoms with E-state index < -0.39 is 28.5 Å². The van der Waals surface area contributed by atoms with Crippen molar-refractivity contribution in [3.05, 3.63) is 53.6 Å². The average molecular weight is 449 g/mol. The summed E-state index contributed by atoms with van der Waals surface area (Å²) in [5.41, 5.74) is 1.04. The predicted octanol–water partition coefficient (Wildman–Crippen LogP) is 3.22. The number of rotatable bonds is 10. The number of benzene rings is 2. The second kappa shape index (κ2) is 10.9. The topological polar surface area (TPSA) is 102 Å². The lowest BCUT2D eigenvalue weighted by Gasteiger charge is -2.20. The summed E-state index contributed by atoms with van der Waals surface area (Å²) in [4.78, 5) is 24.7. The first-order chi connectivity index (χ1) is 14.7. The predicted molar refractivity (Wildman–Crippen MR) is 118 cm³/mol. The first kappa shape index (κ1) is 24.4. The van der Waals surface area contributed by atoms with Crippen molar-refractivity contribution < 1.29 is 27.5 Å². The Kier molecular flexibility index (Phi) is 8.58. The van der Waals surface area contributed by atoms with Gasteiger partial charge in [-0.15, -0.1) is 0 Å². The summed E-state index contributed by atoms with van der Waals surface area (Å²) in [5, 5.41) is 2.63. The van der Waals surface area contributed by atoms with Gasteiger partial charge in [-0.05, 0) is 43.7 Å². The summed E-state index contributed by atoms with van der Waals surface area (Å²) in [6.45, 7) is 7.53. The van der Waals surface area contributed by atoms with E-state index >= 15 is 0 Å². The molecular weight excluding hydrogens is 420 g/mol. The summed E-state index contributed by atoms with van der Waals surface area (Å²) < 4.78 is 37.5. The van der Waals surface area contributed by atoms with Gasteiger partial charge >= 0.3 is 5.97 Å². The molecule has 1 amide bonds. The third-order valence-corrected chi connectivity index (χ3v) is 6.73. The van der Waals surface area contributed by atoms with Gasteiger partial charge in [0.25, 0.3) is 5.91 Å². The third-order valence-electron chi connectivity index (χ3n) is 4.54. The van der Waals surface area contributed by atoms with Crippen LogP contribution in [-0.2, 0) is 19.6 Å². The van der Waals surface area contributed by atoms with Gasteiger partial charge in [0.2, 0.25) is 10.0 Å². The highest BCUT2D eigenvalue weighted by molar-refractivity contribution is 7.89. The lowest BCUT2D eigenvalue weighted by Crippen LogP contribution is -2.31. The number of sulfonamides is 1. The van der Waals surface area contributed by atoms with E-state index in [0.29, 0.717) is 36.7 Å². The normalized spacial score (nSPS) is 11.3. The Morgan fingerprint density at radius 3 is 2.35 bits per heavy atom. The standard InChI is InChI=1S/C22H28N2O6S/c1-5-24(6-2)31(27,28)20-14-17(13-12-16(20)4)22(26)30-15-21(25)23-18-10-8-9-11-19(18)29-7-3/h8-14H,5-7,15H2,1-4H3,(H,23,25). The maximum atomic E-state index is 12.8. The van der Waals surface area contributed by atoms with Crippen molar-refractivity contribution in [1.82, 2.24) is 4.31 Å². The number of anilines is 1. The van der Waals surface area contributed by atoms with Gasteiger partial charge in [0.05, 0.1) is 22.8 Å². The van der Waals surface area contributed by atoms with Crippen molar-refractivity contribution >= 4 is 27.6 Å². The van der Waals surface area contributed by atoms with Gasteiger partial charge in [0, 0.05) is 13.1 Å². The molecule has 0 saturated heterocycles. The van der Waals surface area contributed by atoms with Crippen molar-refractivity contribution in [2.45, 2.75) is 32.6 Å². The monoisotopic (exact) mass is 448 g/mol. The fourth-order valence-electron chi connectivity index (χ4n) is 2.96. The number of carbonyl (C=O) groups excluding carboxylic acids is 2. The summed E-state index contributed by atoms with van der Waals surface area (Å²) in [5.74, 6) is -0.817. The highest BCUT2D eigenvalue weighted by atomic mass is 32.2. The maximum absolute atomic E-state index is 12.8. The van der Waals surface area contributed by atoms with Gasteiger partial charge in [-0.2, -0.15) is 4.31 Å². The third kappa shape index (κ3) is 6.05. The van der Waals surface area contributed by atoms with Gasteiger partial charge in [-0.25, -0.2) is 13.2 Å². The number of carbonyl (C=O) groups is 2. The number of hydrogen-bond donors (Lipinski definition) is 1. The number of nitrogens with zero attached hydrogens (tertiary/aromatic N) is 1. The maximum Gasteiger partial charge on any atom is 0.338 e. The lowest BCUT2D eigenvalue weighted by atomic mass is 10.1. The zero-order valence-electron chi connectivity index (χ0n) is 18.2.